The average Bonchev–Trinajstić information content (AvgIpc) is 2.85. The molecular formula is C25H23F3N2O7. The Labute approximate surface area is 209 Å². The number of carbonyl (C=O) groups is 3. The van der Waals surface area contributed by atoms with Crippen molar-refractivity contribution in [3.8, 4) is 17.2 Å². The van der Waals surface area contributed by atoms with E-state index in [2.05, 4.69) is 9.82 Å². The predicted molar refractivity (Wildman–Crippen MR) is 124 cm³/mol. The first kappa shape index (κ1) is 27.2. The summed E-state index contributed by atoms with van der Waals surface area (Å²) in [5, 5.41) is 0.651. The molecule has 0 saturated carbocycles. The lowest BCUT2D eigenvalue weighted by molar-refractivity contribution is -0.207. The van der Waals surface area contributed by atoms with Crippen LogP contribution in [0.25, 0.3) is 10.8 Å². The van der Waals surface area contributed by atoms with Gasteiger partial charge in [-0.25, -0.2) is 4.79 Å². The molecule has 0 aliphatic heterocycles. The number of ketones is 1. The summed E-state index contributed by atoms with van der Waals surface area (Å²) in [4.78, 5) is 44.5. The van der Waals surface area contributed by atoms with Crippen molar-refractivity contribution < 1.29 is 46.6 Å². The molecule has 0 unspecified atom stereocenters. The number of nitrogens with zero attached hydrogens (tertiary/aromatic N) is 1. The van der Waals surface area contributed by atoms with Crippen LogP contribution in [0.4, 0.5) is 13.2 Å². The zero-order valence-corrected chi connectivity index (χ0v) is 20.3. The summed E-state index contributed by atoms with van der Waals surface area (Å²) in [7, 11) is 2.79. The standard InChI is InChI=1S/C25H23F3N2O7/c1-13(2)36-16-7-5-6-14(8-16)23(32)22-18-11-20(35-4)19(34-3)10-17(18)15(12-29-22)9-21(31)30-37-24(33)25(26,27)28/h5-8,10-13H,9H2,1-4H3,(H,30,31). The van der Waals surface area contributed by atoms with Gasteiger partial charge in [0.2, 0.25) is 5.78 Å². The van der Waals surface area contributed by atoms with Gasteiger partial charge in [-0.3, -0.25) is 14.6 Å². The molecule has 1 amide bonds. The Bertz CT molecular complexity index is 1340. The molecule has 1 heterocycles. The minimum absolute atomic E-state index is 0.0327. The summed E-state index contributed by atoms with van der Waals surface area (Å²) in [5.74, 6) is -3.01. The minimum Gasteiger partial charge on any atom is -0.493 e. The van der Waals surface area contributed by atoms with Gasteiger partial charge in [-0.05, 0) is 49.1 Å². The Balaban J connectivity index is 2.02. The predicted octanol–water partition coefficient (Wildman–Crippen LogP) is 3.95. The van der Waals surface area contributed by atoms with Gasteiger partial charge in [0.05, 0.1) is 26.7 Å². The number of pyridine rings is 1. The molecule has 196 valence electrons. The quantitative estimate of drug-likeness (QED) is 0.351. The van der Waals surface area contributed by atoms with Gasteiger partial charge < -0.3 is 19.0 Å². The highest BCUT2D eigenvalue weighted by atomic mass is 19.4. The fraction of sp³-hybridized carbons (Fsp3) is 0.280. The van der Waals surface area contributed by atoms with Crippen molar-refractivity contribution in [1.82, 2.24) is 10.5 Å². The molecule has 12 heteroatoms. The average molecular weight is 520 g/mol. The van der Waals surface area contributed by atoms with E-state index in [1.165, 1.54) is 38.0 Å². The Kier molecular flexibility index (Phi) is 8.21. The zero-order chi connectivity index (χ0) is 27.3. The third-order valence-electron chi connectivity index (χ3n) is 5.00. The molecule has 2 aromatic carbocycles. The molecule has 0 atom stereocenters. The van der Waals surface area contributed by atoms with E-state index in [4.69, 9.17) is 14.2 Å². The van der Waals surface area contributed by atoms with E-state index in [0.717, 1.165) is 0 Å². The molecule has 0 fully saturated rings. The van der Waals surface area contributed by atoms with E-state index >= 15 is 0 Å². The van der Waals surface area contributed by atoms with Crippen LogP contribution in [0.5, 0.6) is 17.2 Å². The molecule has 1 N–H and O–H groups in total. The molecule has 3 rings (SSSR count). The minimum atomic E-state index is -5.27. The SMILES string of the molecule is COc1cc2c(CC(=O)NOC(=O)C(F)(F)F)cnc(C(=O)c3cccc(OC(C)C)c3)c2cc1OC. The van der Waals surface area contributed by atoms with Crippen LogP contribution in [-0.2, 0) is 20.8 Å². The van der Waals surface area contributed by atoms with Crippen molar-refractivity contribution in [3.05, 3.63) is 59.4 Å². The number of methoxy groups -OCH3 is 2. The molecule has 3 aromatic rings. The van der Waals surface area contributed by atoms with Gasteiger partial charge in [-0.15, -0.1) is 0 Å². The number of hydroxylamine groups is 1. The number of halogens is 3. The lowest BCUT2D eigenvalue weighted by Gasteiger charge is -2.15. The number of benzene rings is 2. The first-order chi connectivity index (χ1) is 17.4. The maximum atomic E-state index is 13.4. The summed E-state index contributed by atoms with van der Waals surface area (Å²) >= 11 is 0. The normalized spacial score (nSPS) is 11.2. The van der Waals surface area contributed by atoms with Gasteiger partial charge in [0, 0.05) is 17.1 Å². The maximum Gasteiger partial charge on any atom is 0.493 e. The molecule has 0 aliphatic rings. The van der Waals surface area contributed by atoms with Crippen LogP contribution in [0, 0.1) is 0 Å². The van der Waals surface area contributed by atoms with Crippen LogP contribution < -0.4 is 19.7 Å². The van der Waals surface area contributed by atoms with E-state index < -0.39 is 30.3 Å². The van der Waals surface area contributed by atoms with Crippen molar-refractivity contribution in [2.75, 3.05) is 14.2 Å². The number of alkyl halides is 3. The van der Waals surface area contributed by atoms with Crippen molar-refractivity contribution in [2.45, 2.75) is 32.5 Å². The van der Waals surface area contributed by atoms with Gasteiger partial charge in [0.1, 0.15) is 11.4 Å². The summed E-state index contributed by atoms with van der Waals surface area (Å²) in [6, 6.07) is 9.57. The highest BCUT2D eigenvalue weighted by molar-refractivity contribution is 6.16. The number of hydrogen-bond donors (Lipinski definition) is 1. The number of rotatable bonds is 8. The molecule has 9 nitrogen and oxygen atoms in total. The second-order valence-electron chi connectivity index (χ2n) is 8.00. The smallest absolute Gasteiger partial charge is 0.493 e. The molecule has 0 spiro atoms. The van der Waals surface area contributed by atoms with Crippen LogP contribution in [0.1, 0.15) is 35.5 Å². The van der Waals surface area contributed by atoms with Gasteiger partial charge in [0.15, 0.2) is 11.5 Å². The van der Waals surface area contributed by atoms with Crippen LogP contribution in [-0.4, -0.2) is 49.1 Å². The van der Waals surface area contributed by atoms with E-state index in [1.54, 1.807) is 24.3 Å². The number of aromatic nitrogens is 1. The third kappa shape index (κ3) is 6.46. The fourth-order valence-corrected chi connectivity index (χ4v) is 3.43. The van der Waals surface area contributed by atoms with Gasteiger partial charge in [-0.1, -0.05) is 12.1 Å². The highest BCUT2D eigenvalue weighted by Crippen LogP contribution is 2.35. The van der Waals surface area contributed by atoms with Crippen LogP contribution in [0.3, 0.4) is 0 Å². The van der Waals surface area contributed by atoms with Crippen LogP contribution in [0.15, 0.2) is 42.6 Å². The van der Waals surface area contributed by atoms with Gasteiger partial charge >= 0.3 is 12.1 Å². The number of amides is 1. The highest BCUT2D eigenvalue weighted by Gasteiger charge is 2.42. The van der Waals surface area contributed by atoms with Crippen molar-refractivity contribution in [1.29, 1.82) is 0 Å². The summed E-state index contributed by atoms with van der Waals surface area (Å²) in [6.07, 6.45) is -4.66. The third-order valence-corrected chi connectivity index (χ3v) is 5.00. The lowest BCUT2D eigenvalue weighted by atomic mass is 9.97. The number of nitrogens with one attached hydrogen (secondary N) is 1. The topological polar surface area (TPSA) is 113 Å². The van der Waals surface area contributed by atoms with Gasteiger partial charge in [0.25, 0.3) is 5.91 Å². The molecule has 0 bridgehead atoms. The largest absolute Gasteiger partial charge is 0.493 e. The first-order valence-electron chi connectivity index (χ1n) is 10.9. The van der Waals surface area contributed by atoms with Crippen molar-refractivity contribution >= 4 is 28.4 Å². The second-order valence-corrected chi connectivity index (χ2v) is 8.00. The summed E-state index contributed by atoms with van der Waals surface area (Å²) < 4.78 is 53.3. The maximum absolute atomic E-state index is 13.4. The molecule has 0 aliphatic carbocycles. The molecule has 37 heavy (non-hydrogen) atoms. The second kappa shape index (κ2) is 11.1. The van der Waals surface area contributed by atoms with E-state index in [9.17, 15) is 27.6 Å². The molecule has 0 radical (unpaired) electrons. The van der Waals surface area contributed by atoms with Crippen molar-refractivity contribution in [3.63, 3.8) is 0 Å². The summed E-state index contributed by atoms with van der Waals surface area (Å²) in [6.45, 7) is 3.70. The summed E-state index contributed by atoms with van der Waals surface area (Å²) in [5.41, 5.74) is 2.02. The van der Waals surface area contributed by atoms with E-state index in [1.807, 2.05) is 13.8 Å². The van der Waals surface area contributed by atoms with E-state index in [-0.39, 0.29) is 28.9 Å². The Morgan fingerprint density at radius 2 is 1.65 bits per heavy atom. The zero-order valence-electron chi connectivity index (χ0n) is 20.3. The van der Waals surface area contributed by atoms with Crippen molar-refractivity contribution in [2.24, 2.45) is 0 Å². The van der Waals surface area contributed by atoms with Gasteiger partial charge in [-0.2, -0.15) is 18.7 Å². The Hall–Kier alpha value is -4.35. The number of ether oxygens (including phenoxy) is 3. The van der Waals surface area contributed by atoms with Crippen LogP contribution in [0.2, 0.25) is 0 Å². The number of fused-ring (bicyclic) bond motifs is 1. The fourth-order valence-electron chi connectivity index (χ4n) is 3.43. The van der Waals surface area contributed by atoms with Crippen LogP contribution >= 0.6 is 0 Å². The number of hydrogen-bond acceptors (Lipinski definition) is 8. The van der Waals surface area contributed by atoms with E-state index in [0.29, 0.717) is 22.1 Å². The monoisotopic (exact) mass is 520 g/mol. The Morgan fingerprint density at radius 3 is 2.24 bits per heavy atom. The molecule has 1 aromatic heterocycles. The number of carbonyl (C=O) groups excluding carboxylic acids is 3. The first-order valence-corrected chi connectivity index (χ1v) is 10.9. The molecule has 0 saturated heterocycles. The Morgan fingerprint density at radius 1 is 1.00 bits per heavy atom. The lowest BCUT2D eigenvalue weighted by Crippen LogP contribution is -2.35. The molecular weight excluding hydrogens is 497 g/mol.